The van der Waals surface area contributed by atoms with E-state index in [2.05, 4.69) is 5.32 Å². The molecule has 0 aliphatic rings. The van der Waals surface area contributed by atoms with Gasteiger partial charge in [-0.05, 0) is 59.4 Å². The molecule has 0 aliphatic heterocycles. The summed E-state index contributed by atoms with van der Waals surface area (Å²) in [6.45, 7) is 15.0. The van der Waals surface area contributed by atoms with Crippen molar-refractivity contribution < 1.29 is 57.9 Å². The third-order valence-electron chi connectivity index (χ3n) is 7.15. The summed E-state index contributed by atoms with van der Waals surface area (Å²) in [4.78, 5) is 77.3. The SMILES string of the molecule is CC[C@H](C)[C@H](OC(=O)C(C)(C)C(=O)C(Cc1ccccc1)OC(=O)C(O)C(C)C)C(=O)O[C@H](C)[C@H](NC(=O)OC(C)(C)C)C(=O)O. The van der Waals surface area contributed by atoms with Crippen LogP contribution in [-0.4, -0.2) is 82.0 Å². The van der Waals surface area contributed by atoms with Gasteiger partial charge >= 0.3 is 30.0 Å². The van der Waals surface area contributed by atoms with Crippen LogP contribution in [0.4, 0.5) is 4.79 Å². The molecule has 0 saturated heterocycles. The minimum Gasteiger partial charge on any atom is -0.480 e. The van der Waals surface area contributed by atoms with Gasteiger partial charge in [-0.3, -0.25) is 9.59 Å². The highest BCUT2D eigenvalue weighted by atomic mass is 16.6. The molecule has 46 heavy (non-hydrogen) atoms. The zero-order chi connectivity index (χ0) is 35.6. The van der Waals surface area contributed by atoms with Crippen molar-refractivity contribution in [2.24, 2.45) is 17.3 Å². The van der Waals surface area contributed by atoms with Gasteiger partial charge < -0.3 is 34.5 Å². The number of esters is 3. The Bertz CT molecular complexity index is 1220. The third-order valence-corrected chi connectivity index (χ3v) is 7.15. The Balaban J connectivity index is 3.24. The van der Waals surface area contributed by atoms with Crippen LogP contribution < -0.4 is 5.32 Å². The van der Waals surface area contributed by atoms with Crippen LogP contribution in [0.25, 0.3) is 0 Å². The van der Waals surface area contributed by atoms with Crippen LogP contribution in [0.2, 0.25) is 0 Å². The number of rotatable bonds is 16. The fraction of sp³-hybridized carbons (Fsp3) is 0.636. The molecule has 1 rings (SSSR count). The van der Waals surface area contributed by atoms with Gasteiger partial charge in [0, 0.05) is 12.3 Å². The van der Waals surface area contributed by atoms with E-state index >= 15 is 0 Å². The molecule has 13 nitrogen and oxygen atoms in total. The predicted molar refractivity (Wildman–Crippen MR) is 165 cm³/mol. The quantitative estimate of drug-likeness (QED) is 0.134. The Hall–Kier alpha value is -4.00. The van der Waals surface area contributed by atoms with E-state index in [0.29, 0.717) is 12.0 Å². The highest BCUT2D eigenvalue weighted by Crippen LogP contribution is 2.27. The van der Waals surface area contributed by atoms with Gasteiger partial charge in [0.15, 0.2) is 24.0 Å². The Morgan fingerprint density at radius 3 is 1.89 bits per heavy atom. The molecule has 6 atom stereocenters. The van der Waals surface area contributed by atoms with Crippen molar-refractivity contribution >= 4 is 35.8 Å². The van der Waals surface area contributed by atoms with E-state index in [0.717, 1.165) is 0 Å². The normalized spacial score (nSPS) is 15.7. The lowest BCUT2D eigenvalue weighted by molar-refractivity contribution is -0.184. The Morgan fingerprint density at radius 1 is 0.848 bits per heavy atom. The lowest BCUT2D eigenvalue weighted by atomic mass is 9.83. The van der Waals surface area contributed by atoms with Crippen LogP contribution >= 0.6 is 0 Å². The number of hydrogen-bond acceptors (Lipinski definition) is 11. The van der Waals surface area contributed by atoms with Crippen LogP contribution in [-0.2, 0) is 49.3 Å². The number of carbonyl (C=O) groups excluding carboxylic acids is 5. The van der Waals surface area contributed by atoms with Gasteiger partial charge in [-0.2, -0.15) is 0 Å². The highest BCUT2D eigenvalue weighted by molar-refractivity contribution is 6.06. The molecule has 13 heteroatoms. The van der Waals surface area contributed by atoms with Crippen molar-refractivity contribution in [1.29, 1.82) is 0 Å². The number of alkyl carbamates (subject to hydrolysis) is 1. The van der Waals surface area contributed by atoms with Crippen LogP contribution in [0.5, 0.6) is 0 Å². The zero-order valence-electron chi connectivity index (χ0n) is 28.3. The Morgan fingerprint density at radius 2 is 1.41 bits per heavy atom. The largest absolute Gasteiger partial charge is 0.480 e. The topological polar surface area (TPSA) is 192 Å². The number of ether oxygens (including phenoxy) is 4. The van der Waals surface area contributed by atoms with Gasteiger partial charge in [-0.15, -0.1) is 0 Å². The van der Waals surface area contributed by atoms with Gasteiger partial charge in [0.2, 0.25) is 6.10 Å². The second-order valence-electron chi connectivity index (χ2n) is 13.1. The molecule has 0 aromatic heterocycles. The number of aliphatic carboxylic acids is 1. The average Bonchev–Trinajstić information content (AvgIpc) is 2.95. The second-order valence-corrected chi connectivity index (χ2v) is 13.1. The summed E-state index contributed by atoms with van der Waals surface area (Å²) >= 11 is 0. The zero-order valence-corrected chi connectivity index (χ0v) is 28.3. The van der Waals surface area contributed by atoms with E-state index in [-0.39, 0.29) is 6.42 Å². The number of benzene rings is 1. The molecule has 0 spiro atoms. The van der Waals surface area contributed by atoms with Gasteiger partial charge in [-0.1, -0.05) is 58.0 Å². The van der Waals surface area contributed by atoms with Crippen molar-refractivity contribution in [3.8, 4) is 0 Å². The first kappa shape index (κ1) is 40.0. The molecule has 3 N–H and O–H groups in total. The molecule has 2 unspecified atom stereocenters. The summed E-state index contributed by atoms with van der Waals surface area (Å²) in [5, 5.41) is 22.0. The average molecular weight is 652 g/mol. The van der Waals surface area contributed by atoms with Gasteiger partial charge in [0.05, 0.1) is 0 Å². The molecule has 0 aliphatic carbocycles. The molecule has 0 fully saturated rings. The van der Waals surface area contributed by atoms with E-state index in [9.17, 15) is 39.0 Å². The summed E-state index contributed by atoms with van der Waals surface area (Å²) in [6, 6.07) is 6.93. The number of Topliss-reactive ketones (excluding diaryl/α,β-unsaturated/α-hetero) is 1. The maximum absolute atomic E-state index is 13.8. The molecule has 258 valence electrons. The summed E-state index contributed by atoms with van der Waals surface area (Å²) in [7, 11) is 0. The lowest BCUT2D eigenvalue weighted by Crippen LogP contribution is -2.52. The highest BCUT2D eigenvalue weighted by Gasteiger charge is 2.46. The number of aliphatic hydroxyl groups excluding tert-OH is 1. The summed E-state index contributed by atoms with van der Waals surface area (Å²) < 4.78 is 21.4. The first-order valence-electron chi connectivity index (χ1n) is 15.2. The van der Waals surface area contributed by atoms with Crippen LogP contribution in [0, 0.1) is 17.3 Å². The summed E-state index contributed by atoms with van der Waals surface area (Å²) in [5.74, 6) is -6.70. The summed E-state index contributed by atoms with van der Waals surface area (Å²) in [5.41, 5.74) is -2.23. The number of amides is 1. The number of nitrogens with one attached hydrogen (secondary N) is 1. The standard InChI is InChI=1S/C33H49NO12/c1-11-19(4)25(29(40)43-20(5)23(27(37)38)34-31(42)46-32(6,7)8)45-30(41)33(9,10)26(36)22(17-21-15-13-12-14-16-21)44-28(39)24(35)18(2)3/h12-16,18-20,22-25,35H,11,17H2,1-10H3,(H,34,42)(H,37,38)/t19-,20+,22?,23-,24?,25-/m0/s1. The maximum Gasteiger partial charge on any atom is 0.408 e. The molecular formula is C33H49NO12. The second kappa shape index (κ2) is 17.1. The maximum atomic E-state index is 13.8. The van der Waals surface area contributed by atoms with Gasteiger partial charge in [0.25, 0.3) is 0 Å². The van der Waals surface area contributed by atoms with Crippen LogP contribution in [0.1, 0.15) is 81.2 Å². The number of aliphatic hydroxyl groups is 1. The summed E-state index contributed by atoms with van der Waals surface area (Å²) in [6.07, 6.45) is -6.76. The number of carbonyl (C=O) groups is 6. The van der Waals surface area contributed by atoms with E-state index in [1.165, 1.54) is 20.8 Å². The first-order chi connectivity index (χ1) is 21.1. The molecule has 1 aromatic rings. The number of hydrogen-bond donors (Lipinski definition) is 3. The van der Waals surface area contributed by atoms with E-state index in [4.69, 9.17) is 18.9 Å². The van der Waals surface area contributed by atoms with Crippen LogP contribution in [0.15, 0.2) is 30.3 Å². The first-order valence-corrected chi connectivity index (χ1v) is 15.2. The smallest absolute Gasteiger partial charge is 0.408 e. The molecule has 0 saturated carbocycles. The van der Waals surface area contributed by atoms with E-state index in [1.807, 2.05) is 0 Å². The van der Waals surface area contributed by atoms with Crippen molar-refractivity contribution in [2.45, 2.75) is 118 Å². The fourth-order valence-electron chi connectivity index (χ4n) is 4.01. The van der Waals surface area contributed by atoms with Crippen molar-refractivity contribution in [1.82, 2.24) is 5.32 Å². The lowest BCUT2D eigenvalue weighted by Gasteiger charge is -2.31. The third kappa shape index (κ3) is 12.1. The van der Waals surface area contributed by atoms with Crippen molar-refractivity contribution in [3.63, 3.8) is 0 Å². The number of ketones is 1. The van der Waals surface area contributed by atoms with Crippen molar-refractivity contribution in [2.75, 3.05) is 0 Å². The molecule has 0 radical (unpaired) electrons. The number of carboxylic acid groups (broad SMARTS) is 1. The van der Waals surface area contributed by atoms with Gasteiger partial charge in [-0.25, -0.2) is 19.2 Å². The van der Waals surface area contributed by atoms with E-state index in [1.54, 1.807) is 78.8 Å². The molecule has 0 bridgehead atoms. The minimum atomic E-state index is -1.94. The number of carboxylic acids is 1. The molecule has 1 amide bonds. The minimum absolute atomic E-state index is 0.0947. The predicted octanol–water partition coefficient (Wildman–Crippen LogP) is 3.62. The molecule has 1 aromatic carbocycles. The molecular weight excluding hydrogens is 602 g/mol. The van der Waals surface area contributed by atoms with Gasteiger partial charge in [0.1, 0.15) is 17.1 Å². The van der Waals surface area contributed by atoms with Crippen molar-refractivity contribution in [3.05, 3.63) is 35.9 Å². The van der Waals surface area contributed by atoms with Crippen LogP contribution in [0.3, 0.4) is 0 Å². The molecule has 0 heterocycles. The van der Waals surface area contributed by atoms with E-state index < -0.39 is 89.1 Å². The Labute approximate surface area is 270 Å². The fourth-order valence-corrected chi connectivity index (χ4v) is 4.01. The Kier molecular flexibility index (Phi) is 14.8. The monoisotopic (exact) mass is 651 g/mol.